The van der Waals surface area contributed by atoms with E-state index in [-0.39, 0.29) is 31.3 Å². The molecule has 8 nitrogen and oxygen atoms in total. The third-order valence-corrected chi connectivity index (χ3v) is 5.57. The lowest BCUT2D eigenvalue weighted by Crippen LogP contribution is -2.40. The first-order valence-electron chi connectivity index (χ1n) is 10.5. The summed E-state index contributed by atoms with van der Waals surface area (Å²) in [5.74, 6) is 0.214. The minimum atomic E-state index is -0.623. The second-order valence-electron chi connectivity index (χ2n) is 7.86. The third-order valence-electron chi connectivity index (χ3n) is 5.57. The van der Waals surface area contributed by atoms with Crippen LogP contribution in [0.1, 0.15) is 46.9 Å². The van der Waals surface area contributed by atoms with Crippen molar-refractivity contribution in [2.75, 3.05) is 0 Å². The fourth-order valence-corrected chi connectivity index (χ4v) is 3.86. The van der Waals surface area contributed by atoms with Crippen molar-refractivity contribution in [1.29, 1.82) is 0 Å². The molecule has 1 aliphatic rings. The van der Waals surface area contributed by atoms with E-state index in [1.807, 2.05) is 31.2 Å². The molecule has 2 aromatic carbocycles. The van der Waals surface area contributed by atoms with Crippen LogP contribution in [0.2, 0.25) is 0 Å². The molecule has 0 saturated carbocycles. The number of aryl methyl sites for hydroxylation is 1. The number of benzene rings is 2. The largest absolute Gasteiger partial charge is 0.487 e. The monoisotopic (exact) mass is 432 g/mol. The van der Waals surface area contributed by atoms with Gasteiger partial charge in [-0.2, -0.15) is 0 Å². The molecule has 3 aromatic rings. The van der Waals surface area contributed by atoms with Crippen LogP contribution in [-0.2, 0) is 22.7 Å². The van der Waals surface area contributed by atoms with Crippen molar-refractivity contribution < 1.29 is 19.1 Å². The van der Waals surface area contributed by atoms with E-state index in [1.54, 1.807) is 29.1 Å². The summed E-state index contributed by atoms with van der Waals surface area (Å²) in [6.07, 6.45) is 3.11. The minimum absolute atomic E-state index is 0.136. The SMILES string of the molecule is CC(=O)C(CCC=O)N1Cc2c(OCc3cn(-c4ccc(C)cc4)nn3)cccc2C1=O. The molecule has 8 heteroatoms. The summed E-state index contributed by atoms with van der Waals surface area (Å²) in [6, 6.07) is 12.6. The summed E-state index contributed by atoms with van der Waals surface area (Å²) >= 11 is 0. The molecule has 1 atom stereocenters. The molecular weight excluding hydrogens is 408 g/mol. The first kappa shape index (κ1) is 21.4. The van der Waals surface area contributed by atoms with Gasteiger partial charge < -0.3 is 14.4 Å². The van der Waals surface area contributed by atoms with Crippen LogP contribution in [0.15, 0.2) is 48.7 Å². The van der Waals surface area contributed by atoms with Crippen LogP contribution in [0.4, 0.5) is 0 Å². The first-order valence-corrected chi connectivity index (χ1v) is 10.5. The number of ketones is 1. The first-order chi connectivity index (χ1) is 15.5. The van der Waals surface area contributed by atoms with Crippen molar-refractivity contribution in [3.8, 4) is 11.4 Å². The van der Waals surface area contributed by atoms with Crippen molar-refractivity contribution in [3.63, 3.8) is 0 Å². The molecule has 1 amide bonds. The summed E-state index contributed by atoms with van der Waals surface area (Å²) in [4.78, 5) is 37.3. The molecular formula is C24H24N4O4. The molecule has 0 fully saturated rings. The Balaban J connectivity index is 1.49. The van der Waals surface area contributed by atoms with E-state index in [2.05, 4.69) is 10.3 Å². The highest BCUT2D eigenvalue weighted by atomic mass is 16.5. The fourth-order valence-electron chi connectivity index (χ4n) is 3.86. The average molecular weight is 432 g/mol. The number of hydrogen-bond donors (Lipinski definition) is 0. The Labute approximate surface area is 185 Å². The van der Waals surface area contributed by atoms with Gasteiger partial charge in [-0.25, -0.2) is 4.68 Å². The van der Waals surface area contributed by atoms with Gasteiger partial charge in [0.1, 0.15) is 24.3 Å². The molecule has 0 radical (unpaired) electrons. The second-order valence-corrected chi connectivity index (χ2v) is 7.86. The maximum Gasteiger partial charge on any atom is 0.255 e. The number of fused-ring (bicyclic) bond motifs is 1. The molecule has 0 bridgehead atoms. The maximum atomic E-state index is 12.9. The quantitative estimate of drug-likeness (QED) is 0.483. The molecule has 1 unspecified atom stereocenters. The van der Waals surface area contributed by atoms with Crippen LogP contribution < -0.4 is 4.74 Å². The number of Topliss-reactive ketones (excluding diaryl/α,β-unsaturated/α-hetero) is 1. The van der Waals surface area contributed by atoms with E-state index in [1.165, 1.54) is 11.8 Å². The average Bonchev–Trinajstić information content (AvgIpc) is 3.38. The van der Waals surface area contributed by atoms with Gasteiger partial charge in [-0.1, -0.05) is 29.0 Å². The molecule has 0 N–H and O–H groups in total. The Hall–Kier alpha value is -3.81. The summed E-state index contributed by atoms with van der Waals surface area (Å²) in [7, 11) is 0. The van der Waals surface area contributed by atoms with Gasteiger partial charge in [0.05, 0.1) is 24.5 Å². The normalized spacial score (nSPS) is 13.7. The fraction of sp³-hybridized carbons (Fsp3) is 0.292. The Morgan fingerprint density at radius 3 is 2.72 bits per heavy atom. The van der Waals surface area contributed by atoms with Crippen LogP contribution in [-0.4, -0.2) is 43.9 Å². The van der Waals surface area contributed by atoms with E-state index in [0.29, 0.717) is 23.4 Å². The number of carbonyl (C=O) groups excluding carboxylic acids is 3. The number of ether oxygens (including phenoxy) is 1. The van der Waals surface area contributed by atoms with Crippen LogP contribution in [0.5, 0.6) is 5.75 Å². The molecule has 0 spiro atoms. The van der Waals surface area contributed by atoms with Crippen molar-refractivity contribution in [3.05, 3.63) is 71.0 Å². The van der Waals surface area contributed by atoms with Crippen LogP contribution in [0.25, 0.3) is 5.69 Å². The second kappa shape index (κ2) is 9.13. The van der Waals surface area contributed by atoms with E-state index >= 15 is 0 Å². The van der Waals surface area contributed by atoms with E-state index < -0.39 is 6.04 Å². The van der Waals surface area contributed by atoms with Gasteiger partial charge in [-0.15, -0.1) is 5.10 Å². The summed E-state index contributed by atoms with van der Waals surface area (Å²) in [5.41, 5.74) is 3.97. The highest BCUT2D eigenvalue weighted by Gasteiger charge is 2.36. The third kappa shape index (κ3) is 4.30. The molecule has 4 rings (SSSR count). The highest BCUT2D eigenvalue weighted by molar-refractivity contribution is 6.01. The molecule has 164 valence electrons. The molecule has 2 heterocycles. The number of amides is 1. The van der Waals surface area contributed by atoms with E-state index in [4.69, 9.17) is 4.74 Å². The van der Waals surface area contributed by atoms with Crippen LogP contribution in [0, 0.1) is 6.92 Å². The predicted molar refractivity (Wildman–Crippen MR) is 117 cm³/mol. The van der Waals surface area contributed by atoms with Gasteiger partial charge in [0.25, 0.3) is 5.91 Å². The van der Waals surface area contributed by atoms with Crippen LogP contribution >= 0.6 is 0 Å². The Morgan fingerprint density at radius 1 is 1.22 bits per heavy atom. The zero-order valence-corrected chi connectivity index (χ0v) is 18.0. The van der Waals surface area contributed by atoms with Crippen molar-refractivity contribution >= 4 is 18.0 Å². The number of aldehydes is 1. The standard InChI is InChI=1S/C24H24N4O4/c1-16-8-10-19(11-9-16)28-13-18(25-26-28)15-32-23-7-3-5-20-21(23)14-27(24(20)31)22(17(2)30)6-4-12-29/h3,5,7-13,22H,4,6,14-15H2,1-2H3. The maximum absolute atomic E-state index is 12.9. The number of aromatic nitrogens is 3. The smallest absolute Gasteiger partial charge is 0.255 e. The number of carbonyl (C=O) groups is 3. The van der Waals surface area contributed by atoms with Gasteiger partial charge in [0.2, 0.25) is 0 Å². The summed E-state index contributed by atoms with van der Waals surface area (Å²) in [6.45, 7) is 3.93. The molecule has 0 saturated heterocycles. The van der Waals surface area contributed by atoms with Crippen molar-refractivity contribution in [1.82, 2.24) is 19.9 Å². The van der Waals surface area contributed by atoms with E-state index in [9.17, 15) is 14.4 Å². The van der Waals surface area contributed by atoms with Crippen LogP contribution in [0.3, 0.4) is 0 Å². The van der Waals surface area contributed by atoms with Gasteiger partial charge >= 0.3 is 0 Å². The molecule has 0 aliphatic carbocycles. The van der Waals surface area contributed by atoms with Gasteiger partial charge in [0, 0.05) is 17.5 Å². The van der Waals surface area contributed by atoms with Gasteiger partial charge in [0.15, 0.2) is 5.78 Å². The lowest BCUT2D eigenvalue weighted by molar-refractivity contribution is -0.121. The van der Waals surface area contributed by atoms with Crippen molar-refractivity contribution in [2.24, 2.45) is 0 Å². The number of nitrogens with zero attached hydrogens (tertiary/aromatic N) is 4. The number of hydrogen-bond acceptors (Lipinski definition) is 6. The highest BCUT2D eigenvalue weighted by Crippen LogP contribution is 2.33. The Kier molecular flexibility index (Phi) is 6.11. The predicted octanol–water partition coefficient (Wildman–Crippen LogP) is 3.05. The zero-order chi connectivity index (χ0) is 22.7. The van der Waals surface area contributed by atoms with Gasteiger partial charge in [-0.3, -0.25) is 9.59 Å². The number of rotatable bonds is 9. The lowest BCUT2D eigenvalue weighted by Gasteiger charge is -2.25. The summed E-state index contributed by atoms with van der Waals surface area (Å²) < 4.78 is 7.67. The topological polar surface area (TPSA) is 94.4 Å². The van der Waals surface area contributed by atoms with Crippen molar-refractivity contribution in [2.45, 2.75) is 45.9 Å². The Bertz CT molecular complexity index is 1150. The Morgan fingerprint density at radius 2 is 2.00 bits per heavy atom. The molecule has 1 aliphatic heterocycles. The molecule has 1 aromatic heterocycles. The minimum Gasteiger partial charge on any atom is -0.487 e. The summed E-state index contributed by atoms with van der Waals surface area (Å²) in [5, 5.41) is 8.33. The molecule has 32 heavy (non-hydrogen) atoms. The lowest BCUT2D eigenvalue weighted by atomic mass is 10.1. The van der Waals surface area contributed by atoms with Gasteiger partial charge in [-0.05, 0) is 44.5 Å². The van der Waals surface area contributed by atoms with E-state index in [0.717, 1.165) is 23.1 Å². The zero-order valence-electron chi connectivity index (χ0n) is 18.0.